The van der Waals surface area contributed by atoms with Crippen LogP contribution in [0.3, 0.4) is 0 Å². The average Bonchev–Trinajstić information content (AvgIpc) is 2.51. The van der Waals surface area contributed by atoms with Gasteiger partial charge in [0.1, 0.15) is 5.82 Å². The van der Waals surface area contributed by atoms with Crippen molar-refractivity contribution in [2.45, 2.75) is 25.8 Å². The van der Waals surface area contributed by atoms with Crippen molar-refractivity contribution in [3.63, 3.8) is 0 Å². The van der Waals surface area contributed by atoms with Crippen molar-refractivity contribution >= 4 is 22.9 Å². The molecule has 0 fully saturated rings. The van der Waals surface area contributed by atoms with Crippen LogP contribution in [0, 0.1) is 5.82 Å². The third-order valence-corrected chi connectivity index (χ3v) is 2.85. The molecule has 6 heteroatoms. The van der Waals surface area contributed by atoms with Gasteiger partial charge in [-0.2, -0.15) is 0 Å². The molecule has 0 atom stereocenters. The highest BCUT2D eigenvalue weighted by Crippen LogP contribution is 2.29. The molecule has 96 valence electrons. The number of anilines is 1. The highest BCUT2D eigenvalue weighted by molar-refractivity contribution is 5.80. The molecule has 0 aliphatic heterocycles. The Balaban J connectivity index is 2.63. The molecule has 1 aromatic carbocycles. The molecule has 0 unspecified atom stereocenters. The van der Waals surface area contributed by atoms with E-state index in [9.17, 15) is 9.18 Å². The van der Waals surface area contributed by atoms with Crippen molar-refractivity contribution in [1.82, 2.24) is 9.55 Å². The second-order valence-electron chi connectivity index (χ2n) is 4.89. The summed E-state index contributed by atoms with van der Waals surface area (Å²) < 4.78 is 14.8. The van der Waals surface area contributed by atoms with Gasteiger partial charge in [0, 0.05) is 12.5 Å². The maximum atomic E-state index is 13.1. The van der Waals surface area contributed by atoms with E-state index in [2.05, 4.69) is 4.98 Å². The van der Waals surface area contributed by atoms with Crippen molar-refractivity contribution in [3.8, 4) is 0 Å². The molecule has 0 saturated carbocycles. The van der Waals surface area contributed by atoms with E-state index in [1.54, 1.807) is 10.6 Å². The molecular weight excluding hydrogens is 235 g/mol. The van der Waals surface area contributed by atoms with Crippen molar-refractivity contribution in [3.05, 3.63) is 24.0 Å². The molecule has 2 aromatic rings. The highest BCUT2D eigenvalue weighted by Gasteiger charge is 2.27. The van der Waals surface area contributed by atoms with E-state index in [0.717, 1.165) is 0 Å². The van der Waals surface area contributed by atoms with E-state index >= 15 is 0 Å². The summed E-state index contributed by atoms with van der Waals surface area (Å²) in [4.78, 5) is 15.2. The van der Waals surface area contributed by atoms with Crippen LogP contribution in [0.2, 0.25) is 0 Å². The standard InChI is InChI=1S/C12H15FN4O/c1-12(2,6-10(14)18)17-9-4-3-7(13)5-8(9)16-11(17)15/h3-5H,6H2,1-2H3,(H2,14,18)(H2,15,16). The van der Waals surface area contributed by atoms with Gasteiger partial charge in [-0.1, -0.05) is 0 Å². The Labute approximate surface area is 104 Å². The number of nitrogens with two attached hydrogens (primary N) is 2. The zero-order chi connectivity index (χ0) is 13.5. The number of halogens is 1. The quantitative estimate of drug-likeness (QED) is 0.862. The first kappa shape index (κ1) is 12.3. The van der Waals surface area contributed by atoms with E-state index in [1.165, 1.54) is 12.1 Å². The monoisotopic (exact) mass is 250 g/mol. The van der Waals surface area contributed by atoms with Crippen LogP contribution in [0.15, 0.2) is 18.2 Å². The minimum absolute atomic E-state index is 0.125. The molecule has 0 bridgehead atoms. The fourth-order valence-corrected chi connectivity index (χ4v) is 2.21. The zero-order valence-corrected chi connectivity index (χ0v) is 10.3. The summed E-state index contributed by atoms with van der Waals surface area (Å²) in [6, 6.07) is 4.24. The first-order chi connectivity index (χ1) is 8.31. The van der Waals surface area contributed by atoms with Gasteiger partial charge in [-0.05, 0) is 26.0 Å². The summed E-state index contributed by atoms with van der Waals surface area (Å²) in [5, 5.41) is 0. The second kappa shape index (κ2) is 3.97. The molecule has 1 amide bonds. The van der Waals surface area contributed by atoms with Gasteiger partial charge in [0.2, 0.25) is 11.9 Å². The van der Waals surface area contributed by atoms with Gasteiger partial charge in [-0.3, -0.25) is 4.79 Å². The number of hydrogen-bond donors (Lipinski definition) is 2. The van der Waals surface area contributed by atoms with Gasteiger partial charge >= 0.3 is 0 Å². The minimum atomic E-state index is -0.609. The third kappa shape index (κ3) is 2.01. The summed E-state index contributed by atoms with van der Waals surface area (Å²) in [7, 11) is 0. The lowest BCUT2D eigenvalue weighted by Crippen LogP contribution is -2.33. The van der Waals surface area contributed by atoms with Crippen LogP contribution in [0.1, 0.15) is 20.3 Å². The molecule has 0 aliphatic rings. The Hall–Kier alpha value is -2.11. The number of benzene rings is 1. The van der Waals surface area contributed by atoms with Gasteiger partial charge in [0.15, 0.2) is 0 Å². The van der Waals surface area contributed by atoms with Gasteiger partial charge in [0.25, 0.3) is 0 Å². The van der Waals surface area contributed by atoms with E-state index in [-0.39, 0.29) is 18.2 Å². The van der Waals surface area contributed by atoms with E-state index in [0.29, 0.717) is 11.0 Å². The summed E-state index contributed by atoms with van der Waals surface area (Å²) in [5.74, 6) is -0.565. The molecule has 4 N–H and O–H groups in total. The Morgan fingerprint density at radius 1 is 1.50 bits per heavy atom. The number of imidazole rings is 1. The molecule has 0 aliphatic carbocycles. The minimum Gasteiger partial charge on any atom is -0.370 e. The second-order valence-corrected chi connectivity index (χ2v) is 4.89. The van der Waals surface area contributed by atoms with Gasteiger partial charge < -0.3 is 16.0 Å². The predicted molar refractivity (Wildman–Crippen MR) is 67.2 cm³/mol. The van der Waals surface area contributed by atoms with Crippen molar-refractivity contribution in [1.29, 1.82) is 0 Å². The molecule has 18 heavy (non-hydrogen) atoms. The maximum Gasteiger partial charge on any atom is 0.219 e. The lowest BCUT2D eigenvalue weighted by Gasteiger charge is -2.27. The molecule has 0 saturated heterocycles. The van der Waals surface area contributed by atoms with Gasteiger partial charge in [-0.15, -0.1) is 0 Å². The lowest BCUT2D eigenvalue weighted by molar-refractivity contribution is -0.119. The van der Waals surface area contributed by atoms with Crippen LogP contribution in [0.25, 0.3) is 11.0 Å². The van der Waals surface area contributed by atoms with E-state index < -0.39 is 11.4 Å². The number of amides is 1. The normalized spacial score (nSPS) is 11.9. The van der Waals surface area contributed by atoms with Crippen LogP contribution in [0.4, 0.5) is 10.3 Å². The van der Waals surface area contributed by atoms with Crippen molar-refractivity contribution < 1.29 is 9.18 Å². The van der Waals surface area contributed by atoms with E-state index in [1.807, 2.05) is 13.8 Å². The Morgan fingerprint density at radius 2 is 2.17 bits per heavy atom. The number of aromatic nitrogens is 2. The smallest absolute Gasteiger partial charge is 0.219 e. The SMILES string of the molecule is CC(C)(CC(N)=O)n1c(N)nc2cc(F)ccc21. The van der Waals surface area contributed by atoms with E-state index in [4.69, 9.17) is 11.5 Å². The highest BCUT2D eigenvalue weighted by atomic mass is 19.1. The van der Waals surface area contributed by atoms with Crippen LogP contribution in [-0.4, -0.2) is 15.5 Å². The zero-order valence-electron chi connectivity index (χ0n) is 10.3. The van der Waals surface area contributed by atoms with Gasteiger partial charge in [-0.25, -0.2) is 9.37 Å². The summed E-state index contributed by atoms with van der Waals surface area (Å²) in [6.45, 7) is 3.66. The lowest BCUT2D eigenvalue weighted by atomic mass is 9.99. The number of nitrogen functional groups attached to an aromatic ring is 1. The molecule has 2 rings (SSSR count). The fraction of sp³-hybridized carbons (Fsp3) is 0.333. The number of fused-ring (bicyclic) bond motifs is 1. The first-order valence-electron chi connectivity index (χ1n) is 5.53. The van der Waals surface area contributed by atoms with Crippen LogP contribution < -0.4 is 11.5 Å². The number of carbonyl (C=O) groups is 1. The van der Waals surface area contributed by atoms with Gasteiger partial charge in [0.05, 0.1) is 16.6 Å². The first-order valence-corrected chi connectivity index (χ1v) is 5.53. The van der Waals surface area contributed by atoms with Crippen LogP contribution >= 0.6 is 0 Å². The maximum absolute atomic E-state index is 13.1. The number of hydrogen-bond acceptors (Lipinski definition) is 3. The molecule has 0 radical (unpaired) electrons. The Bertz CT molecular complexity index is 618. The summed E-state index contributed by atoms with van der Waals surface area (Å²) in [6.07, 6.45) is 0.125. The Morgan fingerprint density at radius 3 is 2.78 bits per heavy atom. The fourth-order valence-electron chi connectivity index (χ4n) is 2.21. The molecular formula is C12H15FN4O. The third-order valence-electron chi connectivity index (χ3n) is 2.85. The molecule has 1 heterocycles. The van der Waals surface area contributed by atoms with Crippen molar-refractivity contribution in [2.75, 3.05) is 5.73 Å². The van der Waals surface area contributed by atoms with Crippen molar-refractivity contribution in [2.24, 2.45) is 5.73 Å². The average molecular weight is 250 g/mol. The molecule has 5 nitrogen and oxygen atoms in total. The number of nitrogens with zero attached hydrogens (tertiary/aromatic N) is 2. The summed E-state index contributed by atoms with van der Waals surface area (Å²) in [5.41, 5.74) is 11.6. The molecule has 0 spiro atoms. The number of carbonyl (C=O) groups excluding carboxylic acids is 1. The molecule has 1 aromatic heterocycles. The largest absolute Gasteiger partial charge is 0.370 e. The topological polar surface area (TPSA) is 86.9 Å². The predicted octanol–water partition coefficient (Wildman–Crippen LogP) is 1.37. The van der Waals surface area contributed by atoms with Crippen LogP contribution in [-0.2, 0) is 10.3 Å². The van der Waals surface area contributed by atoms with Crippen LogP contribution in [0.5, 0.6) is 0 Å². The summed E-state index contributed by atoms with van der Waals surface area (Å²) >= 11 is 0. The Kier molecular flexibility index (Phi) is 2.73. The number of primary amides is 1. The number of rotatable bonds is 3.